The van der Waals surface area contributed by atoms with Crippen LogP contribution in [0.4, 0.5) is 5.69 Å². The lowest BCUT2D eigenvalue weighted by Gasteiger charge is -2.13. The van der Waals surface area contributed by atoms with Crippen molar-refractivity contribution in [3.8, 4) is 5.75 Å². The molecule has 0 aromatic heterocycles. The summed E-state index contributed by atoms with van der Waals surface area (Å²) in [5.41, 5.74) is 3.78. The summed E-state index contributed by atoms with van der Waals surface area (Å²) in [5, 5.41) is 3.48. The summed E-state index contributed by atoms with van der Waals surface area (Å²) >= 11 is 0. The van der Waals surface area contributed by atoms with E-state index in [0.29, 0.717) is 0 Å². The fourth-order valence-electron chi connectivity index (χ4n) is 2.28. The molecule has 0 aliphatic carbocycles. The first-order chi connectivity index (χ1) is 10.2. The van der Waals surface area contributed by atoms with Crippen LogP contribution in [-0.4, -0.2) is 27.7 Å². The van der Waals surface area contributed by atoms with Crippen LogP contribution in [0.15, 0.2) is 48.5 Å². The van der Waals surface area contributed by atoms with Crippen molar-refractivity contribution < 1.29 is 4.74 Å². The van der Waals surface area contributed by atoms with Gasteiger partial charge in [-0.3, -0.25) is 0 Å². The van der Waals surface area contributed by atoms with E-state index in [1.54, 1.807) is 7.11 Å². The third kappa shape index (κ3) is 4.50. The highest BCUT2D eigenvalue weighted by Gasteiger charge is 2.01. The topological polar surface area (TPSA) is 24.5 Å². The molecule has 112 valence electrons. The van der Waals surface area contributed by atoms with E-state index in [1.165, 1.54) is 16.8 Å². The van der Waals surface area contributed by atoms with Gasteiger partial charge in [0, 0.05) is 26.3 Å². The zero-order chi connectivity index (χ0) is 15.1. The van der Waals surface area contributed by atoms with Gasteiger partial charge in [0.2, 0.25) is 0 Å². The molecule has 0 bridgehead atoms. The van der Waals surface area contributed by atoms with Gasteiger partial charge in [0.1, 0.15) is 5.75 Å². The van der Waals surface area contributed by atoms with E-state index in [4.69, 9.17) is 4.74 Å². The standard InChI is InChI=1S/C18H24N2O/c1-20(2)17-10-8-15(9-11-17)14-19-13-12-16-6-4-5-7-18(16)21-3/h4-11,19H,12-14H2,1-3H3. The lowest BCUT2D eigenvalue weighted by molar-refractivity contribution is 0.409. The van der Waals surface area contributed by atoms with Crippen LogP contribution in [-0.2, 0) is 13.0 Å². The molecule has 0 atom stereocenters. The Kier molecular flexibility index (Phi) is 5.64. The van der Waals surface area contributed by atoms with Gasteiger partial charge in [-0.15, -0.1) is 0 Å². The molecule has 0 unspecified atom stereocenters. The van der Waals surface area contributed by atoms with Gasteiger partial charge >= 0.3 is 0 Å². The number of benzene rings is 2. The van der Waals surface area contributed by atoms with E-state index in [1.807, 2.05) is 12.1 Å². The minimum Gasteiger partial charge on any atom is -0.496 e. The second kappa shape index (κ2) is 7.70. The van der Waals surface area contributed by atoms with Crippen molar-refractivity contribution in [1.82, 2.24) is 5.32 Å². The molecule has 0 saturated carbocycles. The van der Waals surface area contributed by atoms with Crippen molar-refractivity contribution >= 4 is 5.69 Å². The molecule has 0 aliphatic heterocycles. The second-order valence-electron chi connectivity index (χ2n) is 5.30. The highest BCUT2D eigenvalue weighted by atomic mass is 16.5. The fraction of sp³-hybridized carbons (Fsp3) is 0.333. The Morgan fingerprint density at radius 3 is 2.38 bits per heavy atom. The molecule has 0 saturated heterocycles. The van der Waals surface area contributed by atoms with Gasteiger partial charge in [-0.1, -0.05) is 30.3 Å². The monoisotopic (exact) mass is 284 g/mol. The number of anilines is 1. The molecule has 0 radical (unpaired) electrons. The van der Waals surface area contributed by atoms with Crippen molar-refractivity contribution in [1.29, 1.82) is 0 Å². The maximum absolute atomic E-state index is 5.36. The van der Waals surface area contributed by atoms with E-state index in [0.717, 1.165) is 25.3 Å². The van der Waals surface area contributed by atoms with E-state index in [9.17, 15) is 0 Å². The molecule has 2 aromatic carbocycles. The summed E-state index contributed by atoms with van der Waals surface area (Å²) in [4.78, 5) is 2.11. The predicted molar refractivity (Wildman–Crippen MR) is 89.2 cm³/mol. The lowest BCUT2D eigenvalue weighted by atomic mass is 10.1. The smallest absolute Gasteiger partial charge is 0.122 e. The van der Waals surface area contributed by atoms with Crippen LogP contribution in [0.25, 0.3) is 0 Å². The maximum Gasteiger partial charge on any atom is 0.122 e. The molecular weight excluding hydrogens is 260 g/mol. The van der Waals surface area contributed by atoms with Gasteiger partial charge in [0.05, 0.1) is 7.11 Å². The van der Waals surface area contributed by atoms with Gasteiger partial charge in [0.25, 0.3) is 0 Å². The Hall–Kier alpha value is -2.00. The molecular formula is C18H24N2O. The van der Waals surface area contributed by atoms with E-state index < -0.39 is 0 Å². The molecule has 0 amide bonds. The lowest BCUT2D eigenvalue weighted by Crippen LogP contribution is -2.17. The fourth-order valence-corrected chi connectivity index (χ4v) is 2.28. The van der Waals surface area contributed by atoms with Crippen LogP contribution in [0.1, 0.15) is 11.1 Å². The van der Waals surface area contributed by atoms with Crippen LogP contribution in [0.3, 0.4) is 0 Å². The summed E-state index contributed by atoms with van der Waals surface area (Å²) in [6.45, 7) is 1.83. The van der Waals surface area contributed by atoms with Crippen LogP contribution in [0.2, 0.25) is 0 Å². The van der Waals surface area contributed by atoms with Crippen LogP contribution in [0, 0.1) is 0 Å². The molecule has 3 heteroatoms. The molecule has 1 N–H and O–H groups in total. The van der Waals surface area contributed by atoms with Gasteiger partial charge in [-0.2, -0.15) is 0 Å². The Bertz CT molecular complexity index is 549. The first-order valence-corrected chi connectivity index (χ1v) is 7.29. The Balaban J connectivity index is 1.79. The minimum absolute atomic E-state index is 0.892. The normalized spacial score (nSPS) is 10.4. The summed E-state index contributed by atoms with van der Waals surface area (Å²) in [6, 6.07) is 16.8. The van der Waals surface area contributed by atoms with Crippen LogP contribution >= 0.6 is 0 Å². The maximum atomic E-state index is 5.36. The summed E-state index contributed by atoms with van der Waals surface area (Å²) in [7, 11) is 5.83. The van der Waals surface area contributed by atoms with Crippen molar-refractivity contribution in [3.63, 3.8) is 0 Å². The number of ether oxygens (including phenoxy) is 1. The predicted octanol–water partition coefficient (Wildman–Crippen LogP) is 3.09. The molecule has 0 aliphatic rings. The molecule has 0 heterocycles. The SMILES string of the molecule is COc1ccccc1CCNCc1ccc(N(C)C)cc1. The molecule has 2 rings (SSSR count). The van der Waals surface area contributed by atoms with Crippen molar-refractivity contribution in [3.05, 3.63) is 59.7 Å². The van der Waals surface area contributed by atoms with Crippen molar-refractivity contribution in [2.45, 2.75) is 13.0 Å². The first kappa shape index (κ1) is 15.4. The average Bonchev–Trinajstić information content (AvgIpc) is 2.52. The quantitative estimate of drug-likeness (QED) is 0.791. The molecule has 2 aromatic rings. The van der Waals surface area contributed by atoms with E-state index in [2.05, 4.69) is 60.7 Å². The van der Waals surface area contributed by atoms with Crippen LogP contribution < -0.4 is 15.0 Å². The number of hydrogen-bond acceptors (Lipinski definition) is 3. The third-order valence-corrected chi connectivity index (χ3v) is 3.55. The highest BCUT2D eigenvalue weighted by molar-refractivity contribution is 5.45. The largest absolute Gasteiger partial charge is 0.496 e. The Morgan fingerprint density at radius 2 is 1.71 bits per heavy atom. The molecule has 3 nitrogen and oxygen atoms in total. The Morgan fingerprint density at radius 1 is 1.00 bits per heavy atom. The third-order valence-electron chi connectivity index (χ3n) is 3.55. The number of hydrogen-bond donors (Lipinski definition) is 1. The zero-order valence-corrected chi connectivity index (χ0v) is 13.1. The molecule has 0 spiro atoms. The summed E-state index contributed by atoms with van der Waals surface area (Å²) in [5.74, 6) is 0.967. The van der Waals surface area contributed by atoms with E-state index >= 15 is 0 Å². The van der Waals surface area contributed by atoms with E-state index in [-0.39, 0.29) is 0 Å². The number of rotatable bonds is 7. The number of methoxy groups -OCH3 is 1. The zero-order valence-electron chi connectivity index (χ0n) is 13.1. The minimum atomic E-state index is 0.892. The number of para-hydroxylation sites is 1. The van der Waals surface area contributed by atoms with Crippen LogP contribution in [0.5, 0.6) is 5.75 Å². The second-order valence-corrected chi connectivity index (χ2v) is 5.30. The van der Waals surface area contributed by atoms with Gasteiger partial charge < -0.3 is 15.0 Å². The molecule has 0 fully saturated rings. The van der Waals surface area contributed by atoms with Crippen molar-refractivity contribution in [2.24, 2.45) is 0 Å². The van der Waals surface area contributed by atoms with Gasteiger partial charge in [0.15, 0.2) is 0 Å². The summed E-state index contributed by atoms with van der Waals surface area (Å²) in [6.07, 6.45) is 0.972. The first-order valence-electron chi connectivity index (χ1n) is 7.29. The average molecular weight is 284 g/mol. The number of nitrogens with zero attached hydrogens (tertiary/aromatic N) is 1. The Labute approximate surface area is 127 Å². The van der Waals surface area contributed by atoms with Gasteiger partial charge in [-0.25, -0.2) is 0 Å². The summed E-state index contributed by atoms with van der Waals surface area (Å²) < 4.78 is 5.36. The molecule has 21 heavy (non-hydrogen) atoms. The highest BCUT2D eigenvalue weighted by Crippen LogP contribution is 2.17. The van der Waals surface area contributed by atoms with Crippen molar-refractivity contribution in [2.75, 3.05) is 32.6 Å². The van der Waals surface area contributed by atoms with Gasteiger partial charge in [-0.05, 0) is 42.3 Å². The number of nitrogens with one attached hydrogen (secondary N) is 1.